The van der Waals surface area contributed by atoms with Crippen LogP contribution in [0.3, 0.4) is 0 Å². The number of carbonyl (C=O) groups is 1. The van der Waals surface area contributed by atoms with Crippen molar-refractivity contribution in [3.05, 3.63) is 33.5 Å². The Balaban J connectivity index is 1.71. The molecule has 6 heteroatoms. The van der Waals surface area contributed by atoms with Crippen molar-refractivity contribution in [1.29, 1.82) is 0 Å². The molecule has 90 valence electrons. The monoisotopic (exact) mass is 267 g/mol. The fourth-order valence-corrected chi connectivity index (χ4v) is 2.64. The second kappa shape index (κ2) is 5.79. The van der Waals surface area contributed by atoms with Crippen LogP contribution >= 0.6 is 22.7 Å². The third-order valence-corrected chi connectivity index (χ3v) is 3.87. The molecule has 0 aromatic carbocycles. The summed E-state index contributed by atoms with van der Waals surface area (Å²) in [4.78, 5) is 16.9. The van der Waals surface area contributed by atoms with E-state index in [2.05, 4.69) is 10.3 Å². The van der Waals surface area contributed by atoms with Gasteiger partial charge < -0.3 is 11.1 Å². The van der Waals surface area contributed by atoms with E-state index in [4.69, 9.17) is 5.73 Å². The highest BCUT2D eigenvalue weighted by molar-refractivity contribution is 7.13. The van der Waals surface area contributed by atoms with E-state index < -0.39 is 0 Å². The highest BCUT2D eigenvalue weighted by atomic mass is 32.1. The van der Waals surface area contributed by atoms with Crippen LogP contribution in [-0.2, 0) is 17.8 Å². The quantitative estimate of drug-likeness (QED) is 0.871. The van der Waals surface area contributed by atoms with E-state index in [-0.39, 0.29) is 5.91 Å². The van der Waals surface area contributed by atoms with Crippen LogP contribution in [-0.4, -0.2) is 10.9 Å². The van der Waals surface area contributed by atoms with Gasteiger partial charge in [-0.25, -0.2) is 4.98 Å². The maximum atomic E-state index is 11.6. The molecule has 0 aliphatic heterocycles. The highest BCUT2D eigenvalue weighted by Gasteiger charge is 2.04. The number of hydrogen-bond acceptors (Lipinski definition) is 5. The van der Waals surface area contributed by atoms with Crippen molar-refractivity contribution in [2.24, 2.45) is 0 Å². The van der Waals surface area contributed by atoms with Gasteiger partial charge in [-0.05, 0) is 17.9 Å². The minimum atomic E-state index is 0.0463. The van der Waals surface area contributed by atoms with Crippen molar-refractivity contribution in [3.8, 4) is 0 Å². The molecule has 0 saturated heterocycles. The second-order valence-corrected chi connectivity index (χ2v) is 5.46. The van der Waals surface area contributed by atoms with Crippen LogP contribution in [0.25, 0.3) is 0 Å². The Hall–Kier alpha value is -1.40. The molecule has 3 N–H and O–H groups in total. The molecule has 0 bridgehead atoms. The lowest BCUT2D eigenvalue weighted by Crippen LogP contribution is -2.23. The van der Waals surface area contributed by atoms with Crippen LogP contribution < -0.4 is 11.1 Å². The molecule has 2 heterocycles. The third-order valence-electron chi connectivity index (χ3n) is 2.21. The molecule has 0 radical (unpaired) electrons. The summed E-state index contributed by atoms with van der Waals surface area (Å²) in [5.41, 5.74) is 6.32. The molecule has 17 heavy (non-hydrogen) atoms. The van der Waals surface area contributed by atoms with Gasteiger partial charge >= 0.3 is 0 Å². The standard InChI is InChI=1S/C11H13N3OS2/c12-11-14-8(7-17-11)6-13-10(15)4-3-9-2-1-5-16-9/h1-2,5,7H,3-4,6H2,(H2,12,14)(H,13,15). The Morgan fingerprint density at radius 2 is 2.35 bits per heavy atom. The number of amides is 1. The predicted octanol–water partition coefficient (Wildman–Crippen LogP) is 2.04. The number of nitrogen functional groups attached to an aromatic ring is 1. The minimum Gasteiger partial charge on any atom is -0.375 e. The summed E-state index contributed by atoms with van der Waals surface area (Å²) >= 11 is 3.06. The number of carbonyl (C=O) groups excluding carboxylic acids is 1. The van der Waals surface area contributed by atoms with Gasteiger partial charge in [0, 0.05) is 16.7 Å². The summed E-state index contributed by atoms with van der Waals surface area (Å²) in [6.45, 7) is 0.455. The molecule has 0 saturated carbocycles. The first kappa shape index (κ1) is 12.1. The zero-order valence-electron chi connectivity index (χ0n) is 9.18. The molecule has 0 aliphatic carbocycles. The Labute approximate surface area is 107 Å². The minimum absolute atomic E-state index is 0.0463. The Morgan fingerprint density at radius 1 is 1.47 bits per heavy atom. The van der Waals surface area contributed by atoms with Crippen molar-refractivity contribution < 1.29 is 4.79 Å². The average Bonchev–Trinajstić information content (AvgIpc) is 2.95. The van der Waals surface area contributed by atoms with Crippen LogP contribution in [0.1, 0.15) is 17.0 Å². The number of aromatic nitrogens is 1. The van der Waals surface area contributed by atoms with Gasteiger partial charge in [0.15, 0.2) is 5.13 Å². The SMILES string of the molecule is Nc1nc(CNC(=O)CCc2cccs2)cs1. The molecule has 1 amide bonds. The van der Waals surface area contributed by atoms with Gasteiger partial charge in [-0.1, -0.05) is 6.07 Å². The first-order chi connectivity index (χ1) is 8.24. The normalized spacial score (nSPS) is 10.4. The summed E-state index contributed by atoms with van der Waals surface area (Å²) in [5, 5.41) is 7.24. The summed E-state index contributed by atoms with van der Waals surface area (Å²) in [5.74, 6) is 0.0463. The summed E-state index contributed by atoms with van der Waals surface area (Å²) in [7, 11) is 0. The number of nitrogens with zero attached hydrogens (tertiary/aromatic N) is 1. The van der Waals surface area contributed by atoms with Gasteiger partial charge in [0.25, 0.3) is 0 Å². The molecule has 4 nitrogen and oxygen atoms in total. The molecule has 2 aromatic rings. The van der Waals surface area contributed by atoms with Crippen LogP contribution in [0.2, 0.25) is 0 Å². The average molecular weight is 267 g/mol. The molecular formula is C11H13N3OS2. The van der Waals surface area contributed by atoms with Crippen molar-refractivity contribution in [2.45, 2.75) is 19.4 Å². The number of rotatable bonds is 5. The van der Waals surface area contributed by atoms with Crippen LogP contribution in [0.5, 0.6) is 0 Å². The number of hydrogen-bond donors (Lipinski definition) is 2. The predicted molar refractivity (Wildman–Crippen MR) is 71.0 cm³/mol. The lowest BCUT2D eigenvalue weighted by molar-refractivity contribution is -0.121. The lowest BCUT2D eigenvalue weighted by atomic mass is 10.2. The number of thiophene rings is 1. The van der Waals surface area contributed by atoms with E-state index in [1.807, 2.05) is 22.9 Å². The molecule has 2 aromatic heterocycles. The summed E-state index contributed by atoms with van der Waals surface area (Å²) in [6, 6.07) is 4.04. The van der Waals surface area contributed by atoms with E-state index in [1.165, 1.54) is 16.2 Å². The van der Waals surface area contributed by atoms with Crippen molar-refractivity contribution in [1.82, 2.24) is 10.3 Å². The largest absolute Gasteiger partial charge is 0.375 e. The van der Waals surface area contributed by atoms with E-state index in [9.17, 15) is 4.79 Å². The number of aryl methyl sites for hydroxylation is 1. The topological polar surface area (TPSA) is 68.0 Å². The lowest BCUT2D eigenvalue weighted by Gasteiger charge is -2.02. The maximum absolute atomic E-state index is 11.6. The van der Waals surface area contributed by atoms with Gasteiger partial charge in [-0.3, -0.25) is 4.79 Å². The van der Waals surface area contributed by atoms with Crippen molar-refractivity contribution >= 4 is 33.7 Å². The number of nitrogens with one attached hydrogen (secondary N) is 1. The fraction of sp³-hybridized carbons (Fsp3) is 0.273. The van der Waals surface area contributed by atoms with E-state index in [1.54, 1.807) is 11.3 Å². The van der Waals surface area contributed by atoms with Gasteiger partial charge in [0.05, 0.1) is 12.2 Å². The zero-order valence-corrected chi connectivity index (χ0v) is 10.8. The van der Waals surface area contributed by atoms with Crippen LogP contribution in [0.4, 0.5) is 5.13 Å². The summed E-state index contributed by atoms with van der Waals surface area (Å²) in [6.07, 6.45) is 1.31. The molecule has 0 unspecified atom stereocenters. The molecular weight excluding hydrogens is 254 g/mol. The van der Waals surface area contributed by atoms with E-state index in [0.717, 1.165) is 12.1 Å². The van der Waals surface area contributed by atoms with Gasteiger partial charge in [-0.15, -0.1) is 22.7 Å². The Morgan fingerprint density at radius 3 is 3.00 bits per heavy atom. The maximum Gasteiger partial charge on any atom is 0.220 e. The molecule has 0 aliphatic rings. The molecule has 0 spiro atoms. The van der Waals surface area contributed by atoms with Crippen LogP contribution in [0, 0.1) is 0 Å². The molecule has 2 rings (SSSR count). The van der Waals surface area contributed by atoms with Crippen molar-refractivity contribution in [2.75, 3.05) is 5.73 Å². The van der Waals surface area contributed by atoms with Gasteiger partial charge in [-0.2, -0.15) is 0 Å². The van der Waals surface area contributed by atoms with Crippen LogP contribution in [0.15, 0.2) is 22.9 Å². The molecule has 0 fully saturated rings. The first-order valence-electron chi connectivity index (χ1n) is 5.23. The first-order valence-corrected chi connectivity index (χ1v) is 6.99. The Bertz CT molecular complexity index is 479. The van der Waals surface area contributed by atoms with E-state index in [0.29, 0.717) is 18.1 Å². The van der Waals surface area contributed by atoms with Crippen molar-refractivity contribution in [3.63, 3.8) is 0 Å². The number of nitrogens with two attached hydrogens (primary N) is 1. The van der Waals surface area contributed by atoms with E-state index >= 15 is 0 Å². The summed E-state index contributed by atoms with van der Waals surface area (Å²) < 4.78 is 0. The Kier molecular flexibility index (Phi) is 4.11. The second-order valence-electron chi connectivity index (χ2n) is 3.53. The third kappa shape index (κ3) is 3.83. The highest BCUT2D eigenvalue weighted by Crippen LogP contribution is 2.12. The fourth-order valence-electron chi connectivity index (χ4n) is 1.37. The smallest absolute Gasteiger partial charge is 0.220 e. The number of anilines is 1. The number of thiazole rings is 1. The van der Waals surface area contributed by atoms with Gasteiger partial charge in [0.2, 0.25) is 5.91 Å². The van der Waals surface area contributed by atoms with Gasteiger partial charge in [0.1, 0.15) is 0 Å². The molecule has 0 atom stereocenters. The zero-order chi connectivity index (χ0) is 12.1.